The fourth-order valence-corrected chi connectivity index (χ4v) is 1.09. The predicted octanol–water partition coefficient (Wildman–Crippen LogP) is 0.671. The molecule has 3 heteroatoms. The van der Waals surface area contributed by atoms with Crippen LogP contribution in [-0.2, 0) is 14.3 Å². The van der Waals surface area contributed by atoms with Crippen molar-refractivity contribution in [1.82, 2.24) is 0 Å². The van der Waals surface area contributed by atoms with Gasteiger partial charge in [-0.05, 0) is 13.3 Å². The first-order chi connectivity index (χ1) is 4.60. The third kappa shape index (κ3) is 0.818. The van der Waals surface area contributed by atoms with Crippen LogP contribution in [0.1, 0.15) is 26.7 Å². The van der Waals surface area contributed by atoms with Gasteiger partial charge in [-0.1, -0.05) is 6.92 Å². The zero-order valence-electron chi connectivity index (χ0n) is 6.14. The summed E-state index contributed by atoms with van der Waals surface area (Å²) in [5.41, 5.74) is -0.753. The summed E-state index contributed by atoms with van der Waals surface area (Å²) in [6, 6.07) is 0. The second kappa shape index (κ2) is 2.08. The standard InChI is InChI=1S/C7H10O3/c1-3-7(5(2)8)4-6(9)10-7/h3-4H2,1-2H3/t7-/m0/s1. The summed E-state index contributed by atoms with van der Waals surface area (Å²) in [5.74, 6) is -0.313. The molecule has 0 N–H and O–H groups in total. The van der Waals surface area contributed by atoms with Crippen LogP contribution in [0.5, 0.6) is 0 Å². The minimum atomic E-state index is -0.753. The molecule has 0 amide bonds. The van der Waals surface area contributed by atoms with E-state index in [1.807, 2.05) is 6.92 Å². The molecule has 1 saturated heterocycles. The lowest BCUT2D eigenvalue weighted by atomic mass is 9.87. The first kappa shape index (κ1) is 7.25. The molecule has 0 spiro atoms. The van der Waals surface area contributed by atoms with E-state index in [4.69, 9.17) is 4.74 Å². The second-order valence-corrected chi connectivity index (χ2v) is 2.55. The van der Waals surface area contributed by atoms with Crippen LogP contribution in [0.25, 0.3) is 0 Å². The van der Waals surface area contributed by atoms with Gasteiger partial charge in [-0.15, -0.1) is 0 Å². The quantitative estimate of drug-likeness (QED) is 0.532. The van der Waals surface area contributed by atoms with E-state index >= 15 is 0 Å². The molecule has 1 fully saturated rings. The summed E-state index contributed by atoms with van der Waals surface area (Å²) < 4.78 is 4.75. The summed E-state index contributed by atoms with van der Waals surface area (Å²) in [5, 5.41) is 0. The number of carbonyl (C=O) groups is 2. The summed E-state index contributed by atoms with van der Waals surface area (Å²) in [4.78, 5) is 21.3. The van der Waals surface area contributed by atoms with Gasteiger partial charge in [0, 0.05) is 0 Å². The number of hydrogen-bond donors (Lipinski definition) is 0. The summed E-state index contributed by atoms with van der Waals surface area (Å²) in [7, 11) is 0. The van der Waals surface area contributed by atoms with E-state index in [2.05, 4.69) is 0 Å². The Balaban J connectivity index is 2.65. The van der Waals surface area contributed by atoms with Gasteiger partial charge in [0.05, 0.1) is 6.42 Å². The van der Waals surface area contributed by atoms with Crippen molar-refractivity contribution in [2.24, 2.45) is 0 Å². The van der Waals surface area contributed by atoms with Crippen LogP contribution in [0.2, 0.25) is 0 Å². The van der Waals surface area contributed by atoms with Gasteiger partial charge in [-0.3, -0.25) is 9.59 Å². The Bertz CT molecular complexity index is 175. The number of ketones is 1. The zero-order chi connectivity index (χ0) is 7.78. The normalized spacial score (nSPS) is 30.8. The van der Waals surface area contributed by atoms with Crippen molar-refractivity contribution in [2.45, 2.75) is 32.3 Å². The first-order valence-corrected chi connectivity index (χ1v) is 3.33. The maximum atomic E-state index is 10.8. The second-order valence-electron chi connectivity index (χ2n) is 2.55. The Labute approximate surface area is 59.4 Å². The number of esters is 1. The minimum absolute atomic E-state index is 0.0467. The van der Waals surface area contributed by atoms with Crippen LogP contribution >= 0.6 is 0 Å². The number of carbonyl (C=O) groups excluding carboxylic acids is 2. The van der Waals surface area contributed by atoms with Crippen molar-refractivity contribution in [2.75, 3.05) is 0 Å². The van der Waals surface area contributed by atoms with Gasteiger partial charge < -0.3 is 4.74 Å². The molecule has 56 valence electrons. The molecule has 1 atom stereocenters. The molecule has 3 nitrogen and oxygen atoms in total. The van der Waals surface area contributed by atoms with E-state index in [-0.39, 0.29) is 18.2 Å². The van der Waals surface area contributed by atoms with E-state index in [9.17, 15) is 9.59 Å². The lowest BCUT2D eigenvalue weighted by Crippen LogP contribution is -2.52. The molecule has 0 aromatic rings. The highest BCUT2D eigenvalue weighted by Gasteiger charge is 2.48. The largest absolute Gasteiger partial charge is 0.450 e. The van der Waals surface area contributed by atoms with E-state index in [0.717, 1.165) is 0 Å². The third-order valence-electron chi connectivity index (χ3n) is 1.95. The molecule has 1 heterocycles. The smallest absolute Gasteiger partial charge is 0.311 e. The molecule has 0 unspecified atom stereocenters. The van der Waals surface area contributed by atoms with E-state index < -0.39 is 5.60 Å². The molecule has 1 aliphatic heterocycles. The van der Waals surface area contributed by atoms with Crippen molar-refractivity contribution in [1.29, 1.82) is 0 Å². The maximum absolute atomic E-state index is 10.8. The van der Waals surface area contributed by atoms with Gasteiger partial charge >= 0.3 is 5.97 Å². The van der Waals surface area contributed by atoms with Gasteiger partial charge in [-0.2, -0.15) is 0 Å². The highest BCUT2D eigenvalue weighted by atomic mass is 16.6. The van der Waals surface area contributed by atoms with Crippen LogP contribution in [-0.4, -0.2) is 17.4 Å². The Hall–Kier alpha value is -0.860. The van der Waals surface area contributed by atoms with Crippen molar-refractivity contribution >= 4 is 11.8 Å². The fourth-order valence-electron chi connectivity index (χ4n) is 1.09. The highest BCUT2D eigenvalue weighted by Crippen LogP contribution is 2.31. The number of ether oxygens (including phenoxy) is 1. The Morgan fingerprint density at radius 2 is 2.30 bits per heavy atom. The fraction of sp³-hybridized carbons (Fsp3) is 0.714. The summed E-state index contributed by atoms with van der Waals surface area (Å²) in [6.07, 6.45) is 0.854. The topological polar surface area (TPSA) is 43.4 Å². The molecular weight excluding hydrogens is 132 g/mol. The van der Waals surface area contributed by atoms with Crippen molar-refractivity contribution in [3.05, 3.63) is 0 Å². The van der Waals surface area contributed by atoms with E-state index in [1.54, 1.807) is 0 Å². The third-order valence-corrected chi connectivity index (χ3v) is 1.95. The van der Waals surface area contributed by atoms with Gasteiger partial charge in [0.1, 0.15) is 0 Å². The number of rotatable bonds is 2. The van der Waals surface area contributed by atoms with Crippen LogP contribution < -0.4 is 0 Å². The van der Waals surface area contributed by atoms with Crippen LogP contribution in [0.3, 0.4) is 0 Å². The molecule has 0 aromatic heterocycles. The van der Waals surface area contributed by atoms with Gasteiger partial charge in [0.15, 0.2) is 11.4 Å². The van der Waals surface area contributed by atoms with Crippen LogP contribution in [0, 0.1) is 0 Å². The molecule has 1 rings (SSSR count). The molecule has 0 radical (unpaired) electrons. The summed E-state index contributed by atoms with van der Waals surface area (Å²) in [6.45, 7) is 3.30. The Morgan fingerprint density at radius 3 is 2.40 bits per heavy atom. The molecule has 0 aliphatic carbocycles. The first-order valence-electron chi connectivity index (χ1n) is 3.33. The molecule has 0 saturated carbocycles. The number of Topliss-reactive ketones (excluding diaryl/α,β-unsaturated/α-hetero) is 1. The zero-order valence-corrected chi connectivity index (χ0v) is 6.14. The number of hydrogen-bond acceptors (Lipinski definition) is 3. The number of cyclic esters (lactones) is 1. The van der Waals surface area contributed by atoms with E-state index in [0.29, 0.717) is 6.42 Å². The van der Waals surface area contributed by atoms with E-state index in [1.165, 1.54) is 6.92 Å². The molecular formula is C7H10O3. The Morgan fingerprint density at radius 1 is 1.80 bits per heavy atom. The van der Waals surface area contributed by atoms with Crippen molar-refractivity contribution in [3.63, 3.8) is 0 Å². The minimum Gasteiger partial charge on any atom is -0.450 e. The lowest BCUT2D eigenvalue weighted by Gasteiger charge is -2.37. The monoisotopic (exact) mass is 142 g/mol. The SMILES string of the molecule is CC[C@@]1(C(C)=O)CC(=O)O1. The lowest BCUT2D eigenvalue weighted by molar-refractivity contribution is -0.194. The predicted molar refractivity (Wildman–Crippen MR) is 34.4 cm³/mol. The van der Waals surface area contributed by atoms with Gasteiger partial charge in [0.2, 0.25) is 0 Å². The molecule has 0 aromatic carbocycles. The molecule has 1 aliphatic rings. The van der Waals surface area contributed by atoms with Crippen molar-refractivity contribution in [3.8, 4) is 0 Å². The van der Waals surface area contributed by atoms with Crippen LogP contribution in [0.4, 0.5) is 0 Å². The molecule has 10 heavy (non-hydrogen) atoms. The average molecular weight is 142 g/mol. The molecule has 0 bridgehead atoms. The maximum Gasteiger partial charge on any atom is 0.311 e. The van der Waals surface area contributed by atoms with Gasteiger partial charge in [0.25, 0.3) is 0 Å². The van der Waals surface area contributed by atoms with Gasteiger partial charge in [-0.25, -0.2) is 0 Å². The van der Waals surface area contributed by atoms with Crippen LogP contribution in [0.15, 0.2) is 0 Å². The van der Waals surface area contributed by atoms with Crippen molar-refractivity contribution < 1.29 is 14.3 Å². The summed E-state index contributed by atoms with van der Waals surface area (Å²) >= 11 is 0. The average Bonchev–Trinajstić information content (AvgIpc) is 1.79. The Kier molecular flexibility index (Phi) is 1.50. The highest BCUT2D eigenvalue weighted by molar-refractivity contribution is 5.96.